The van der Waals surface area contributed by atoms with Gasteiger partial charge in [-0.05, 0) is 18.2 Å². The quantitative estimate of drug-likeness (QED) is 0.879. The van der Waals surface area contributed by atoms with Crippen molar-refractivity contribution in [3.8, 4) is 0 Å². The number of halogens is 1. The van der Waals surface area contributed by atoms with Crippen molar-refractivity contribution in [2.45, 2.75) is 4.90 Å². The average molecular weight is 299 g/mol. The molecule has 0 aliphatic rings. The van der Waals surface area contributed by atoms with Crippen LogP contribution in [0.4, 0.5) is 10.1 Å². The van der Waals surface area contributed by atoms with E-state index in [1.165, 1.54) is 17.1 Å². The first kappa shape index (κ1) is 14.0. The summed E-state index contributed by atoms with van der Waals surface area (Å²) in [5.41, 5.74) is -0.493. The van der Waals surface area contributed by atoms with Crippen molar-refractivity contribution in [2.75, 3.05) is 4.72 Å². The Labute approximate surface area is 113 Å². The summed E-state index contributed by atoms with van der Waals surface area (Å²) in [4.78, 5) is 10.4. The predicted octanol–water partition coefficient (Wildman–Crippen LogP) is 1.06. The van der Waals surface area contributed by atoms with E-state index in [2.05, 4.69) is 9.82 Å². The van der Waals surface area contributed by atoms with Gasteiger partial charge in [-0.25, -0.2) is 17.6 Å². The Morgan fingerprint density at radius 2 is 2.15 bits per heavy atom. The first-order valence-corrected chi connectivity index (χ1v) is 6.82. The number of aryl methyl sites for hydroxylation is 1. The lowest BCUT2D eigenvalue weighted by atomic mass is 10.2. The number of anilines is 1. The molecule has 2 N–H and O–H groups in total. The second-order valence-corrected chi connectivity index (χ2v) is 5.64. The van der Waals surface area contributed by atoms with Crippen LogP contribution >= 0.6 is 0 Å². The molecule has 106 valence electrons. The SMILES string of the molecule is Cn1cc(NS(=O)(=O)c2ccc(F)c(C(=O)O)c2)cn1. The lowest BCUT2D eigenvalue weighted by Gasteiger charge is -2.07. The van der Waals surface area contributed by atoms with Crippen LogP contribution < -0.4 is 4.72 Å². The molecule has 0 spiro atoms. The number of nitrogens with one attached hydrogen (secondary N) is 1. The summed E-state index contributed by atoms with van der Waals surface area (Å²) in [5, 5.41) is 12.6. The second-order valence-electron chi connectivity index (χ2n) is 3.95. The standard InChI is InChI=1S/C11H10FN3O4S/c1-15-6-7(5-13-15)14-20(18,19)8-2-3-10(12)9(4-8)11(16)17/h2-6,14H,1H3,(H,16,17). The Kier molecular flexibility index (Phi) is 3.45. The van der Waals surface area contributed by atoms with E-state index in [0.717, 1.165) is 18.2 Å². The van der Waals surface area contributed by atoms with Crippen LogP contribution in [0.3, 0.4) is 0 Å². The van der Waals surface area contributed by atoms with Crippen LogP contribution in [-0.4, -0.2) is 29.3 Å². The monoisotopic (exact) mass is 299 g/mol. The molecule has 0 aliphatic heterocycles. The number of carboxylic acids is 1. The number of nitrogens with zero attached hydrogens (tertiary/aromatic N) is 2. The van der Waals surface area contributed by atoms with Crippen LogP contribution in [0.15, 0.2) is 35.5 Å². The van der Waals surface area contributed by atoms with Gasteiger partial charge in [-0.15, -0.1) is 0 Å². The van der Waals surface area contributed by atoms with Crippen molar-refractivity contribution >= 4 is 21.7 Å². The minimum Gasteiger partial charge on any atom is -0.478 e. The molecule has 9 heteroatoms. The van der Waals surface area contributed by atoms with E-state index in [9.17, 15) is 17.6 Å². The van der Waals surface area contributed by atoms with Crippen LogP contribution in [-0.2, 0) is 17.1 Å². The van der Waals surface area contributed by atoms with Crippen LogP contribution in [0, 0.1) is 5.82 Å². The molecule has 2 rings (SSSR count). The molecule has 1 heterocycles. The molecule has 0 atom stereocenters. The summed E-state index contributed by atoms with van der Waals surface area (Å²) in [6, 6.07) is 2.54. The number of hydrogen-bond donors (Lipinski definition) is 2. The summed E-state index contributed by atoms with van der Waals surface area (Å²) in [6.07, 6.45) is 2.72. The largest absolute Gasteiger partial charge is 0.478 e. The molecule has 0 saturated heterocycles. The Bertz CT molecular complexity index is 770. The Morgan fingerprint density at radius 1 is 1.45 bits per heavy atom. The Hall–Kier alpha value is -2.42. The van der Waals surface area contributed by atoms with Crippen molar-refractivity contribution in [1.82, 2.24) is 9.78 Å². The summed E-state index contributed by atoms with van der Waals surface area (Å²) in [5.74, 6) is -2.54. The van der Waals surface area contributed by atoms with E-state index < -0.39 is 27.4 Å². The van der Waals surface area contributed by atoms with E-state index in [0.29, 0.717) is 0 Å². The zero-order chi connectivity index (χ0) is 14.9. The zero-order valence-corrected chi connectivity index (χ0v) is 11.1. The lowest BCUT2D eigenvalue weighted by Crippen LogP contribution is -2.14. The third-order valence-corrected chi connectivity index (χ3v) is 3.81. The highest BCUT2D eigenvalue weighted by atomic mass is 32.2. The van der Waals surface area contributed by atoms with Gasteiger partial charge in [-0.3, -0.25) is 9.40 Å². The fourth-order valence-electron chi connectivity index (χ4n) is 1.52. The second kappa shape index (κ2) is 4.93. The maximum absolute atomic E-state index is 13.2. The first-order valence-electron chi connectivity index (χ1n) is 5.34. The third kappa shape index (κ3) is 2.77. The van der Waals surface area contributed by atoms with Crippen molar-refractivity contribution in [1.29, 1.82) is 0 Å². The van der Waals surface area contributed by atoms with Gasteiger partial charge in [0.15, 0.2) is 0 Å². The molecule has 7 nitrogen and oxygen atoms in total. The zero-order valence-electron chi connectivity index (χ0n) is 10.2. The van der Waals surface area contributed by atoms with Gasteiger partial charge in [-0.1, -0.05) is 0 Å². The molecule has 0 bridgehead atoms. The Balaban J connectivity index is 2.39. The maximum atomic E-state index is 13.2. The van der Waals surface area contributed by atoms with E-state index in [1.807, 2.05) is 0 Å². The van der Waals surface area contributed by atoms with Gasteiger partial charge in [0.2, 0.25) is 0 Å². The van der Waals surface area contributed by atoms with E-state index in [1.54, 1.807) is 7.05 Å². The Morgan fingerprint density at radius 3 is 2.70 bits per heavy atom. The molecule has 0 radical (unpaired) electrons. The van der Waals surface area contributed by atoms with Gasteiger partial charge in [-0.2, -0.15) is 5.10 Å². The molecule has 0 amide bonds. The van der Waals surface area contributed by atoms with Crippen molar-refractivity contribution in [2.24, 2.45) is 7.05 Å². The topological polar surface area (TPSA) is 101 Å². The average Bonchev–Trinajstić information content (AvgIpc) is 2.73. The van der Waals surface area contributed by atoms with Crippen molar-refractivity contribution in [3.63, 3.8) is 0 Å². The van der Waals surface area contributed by atoms with Crippen LogP contribution in [0.1, 0.15) is 10.4 Å². The summed E-state index contributed by atoms with van der Waals surface area (Å²) >= 11 is 0. The molecule has 20 heavy (non-hydrogen) atoms. The maximum Gasteiger partial charge on any atom is 0.338 e. The highest BCUT2D eigenvalue weighted by Crippen LogP contribution is 2.18. The number of carboxylic acid groups (broad SMARTS) is 1. The van der Waals surface area contributed by atoms with Gasteiger partial charge in [0.05, 0.1) is 22.3 Å². The number of rotatable bonds is 4. The van der Waals surface area contributed by atoms with Gasteiger partial charge in [0, 0.05) is 13.2 Å². The fourth-order valence-corrected chi connectivity index (χ4v) is 2.58. The predicted molar refractivity (Wildman–Crippen MR) is 67.4 cm³/mol. The van der Waals surface area contributed by atoms with Crippen molar-refractivity contribution < 1.29 is 22.7 Å². The first-order chi connectivity index (χ1) is 9.29. The number of benzene rings is 1. The van der Waals surface area contributed by atoms with E-state index in [-0.39, 0.29) is 10.6 Å². The van der Waals surface area contributed by atoms with Crippen LogP contribution in [0.5, 0.6) is 0 Å². The number of sulfonamides is 1. The fraction of sp³-hybridized carbons (Fsp3) is 0.0909. The minimum atomic E-state index is -4.01. The molecular weight excluding hydrogens is 289 g/mol. The van der Waals surface area contributed by atoms with Gasteiger partial charge >= 0.3 is 5.97 Å². The summed E-state index contributed by atoms with van der Waals surface area (Å²) in [6.45, 7) is 0. The molecule has 1 aromatic carbocycles. The third-order valence-electron chi connectivity index (χ3n) is 2.44. The minimum absolute atomic E-state index is 0.216. The summed E-state index contributed by atoms with van der Waals surface area (Å²) in [7, 11) is -2.40. The summed E-state index contributed by atoms with van der Waals surface area (Å²) < 4.78 is 40.9. The smallest absolute Gasteiger partial charge is 0.338 e. The number of aromatic carboxylic acids is 1. The molecule has 1 aromatic heterocycles. The highest BCUT2D eigenvalue weighted by molar-refractivity contribution is 7.92. The van der Waals surface area contributed by atoms with Gasteiger partial charge in [0.25, 0.3) is 10.0 Å². The molecule has 0 fully saturated rings. The molecule has 2 aromatic rings. The molecule has 0 unspecified atom stereocenters. The van der Waals surface area contributed by atoms with Gasteiger partial charge in [0.1, 0.15) is 5.82 Å². The van der Waals surface area contributed by atoms with E-state index in [4.69, 9.17) is 5.11 Å². The van der Waals surface area contributed by atoms with E-state index >= 15 is 0 Å². The molecule has 0 aliphatic carbocycles. The number of hydrogen-bond acceptors (Lipinski definition) is 4. The van der Waals surface area contributed by atoms with Crippen molar-refractivity contribution in [3.05, 3.63) is 42.0 Å². The number of carbonyl (C=O) groups is 1. The molecule has 0 saturated carbocycles. The highest BCUT2D eigenvalue weighted by Gasteiger charge is 2.19. The van der Waals surface area contributed by atoms with Gasteiger partial charge < -0.3 is 5.11 Å². The normalized spacial score (nSPS) is 11.3. The lowest BCUT2D eigenvalue weighted by molar-refractivity contribution is 0.0691. The molecular formula is C11H10FN3O4S. The van der Waals surface area contributed by atoms with Crippen LogP contribution in [0.2, 0.25) is 0 Å². The van der Waals surface area contributed by atoms with Crippen LogP contribution in [0.25, 0.3) is 0 Å². The number of aromatic nitrogens is 2.